The molecule has 1 aromatic carbocycles. The number of aryl methyl sites for hydroxylation is 2. The van der Waals surface area contributed by atoms with Gasteiger partial charge in [-0.05, 0) is 31.9 Å². The standard InChI is InChI=1S/C17H23NO3/c1-5-9-18(12-17(20)21-6-2)16(19)11-15-10-13(3)7-8-14(15)4/h5,7-8,10H,1,6,9,11-12H2,2-4H3. The minimum Gasteiger partial charge on any atom is -0.465 e. The van der Waals surface area contributed by atoms with Crippen molar-refractivity contribution in [2.45, 2.75) is 27.2 Å². The zero-order valence-electron chi connectivity index (χ0n) is 13.0. The molecular formula is C17H23NO3. The number of carbonyl (C=O) groups excluding carboxylic acids is 2. The summed E-state index contributed by atoms with van der Waals surface area (Å²) in [6, 6.07) is 6.02. The quantitative estimate of drug-likeness (QED) is 0.572. The van der Waals surface area contributed by atoms with Crippen LogP contribution in [0.25, 0.3) is 0 Å². The van der Waals surface area contributed by atoms with E-state index in [1.54, 1.807) is 13.0 Å². The lowest BCUT2D eigenvalue weighted by atomic mass is 10.0. The van der Waals surface area contributed by atoms with Gasteiger partial charge in [0.25, 0.3) is 0 Å². The SMILES string of the molecule is C=CCN(CC(=O)OCC)C(=O)Cc1cc(C)ccc1C. The van der Waals surface area contributed by atoms with Crippen molar-refractivity contribution in [2.24, 2.45) is 0 Å². The van der Waals surface area contributed by atoms with Crippen LogP contribution in [0.1, 0.15) is 23.6 Å². The average Bonchev–Trinajstić information content (AvgIpc) is 2.42. The fourth-order valence-electron chi connectivity index (χ4n) is 2.04. The summed E-state index contributed by atoms with van der Waals surface area (Å²) in [4.78, 5) is 25.4. The molecule has 0 heterocycles. The van der Waals surface area contributed by atoms with Crippen LogP contribution in [0.4, 0.5) is 0 Å². The van der Waals surface area contributed by atoms with Gasteiger partial charge >= 0.3 is 5.97 Å². The molecule has 0 unspecified atom stereocenters. The second-order valence-corrected chi connectivity index (χ2v) is 4.97. The molecule has 1 rings (SSSR count). The molecule has 0 aromatic heterocycles. The van der Waals surface area contributed by atoms with E-state index in [2.05, 4.69) is 6.58 Å². The summed E-state index contributed by atoms with van der Waals surface area (Å²) in [5.41, 5.74) is 3.17. The first-order valence-electron chi connectivity index (χ1n) is 7.08. The van der Waals surface area contributed by atoms with Crippen molar-refractivity contribution >= 4 is 11.9 Å². The number of rotatable bonds is 7. The van der Waals surface area contributed by atoms with E-state index in [0.29, 0.717) is 13.2 Å². The minimum absolute atomic E-state index is 0.0381. The van der Waals surface area contributed by atoms with E-state index in [9.17, 15) is 9.59 Å². The highest BCUT2D eigenvalue weighted by atomic mass is 16.5. The zero-order chi connectivity index (χ0) is 15.8. The van der Waals surface area contributed by atoms with E-state index >= 15 is 0 Å². The van der Waals surface area contributed by atoms with Crippen LogP contribution in [0.15, 0.2) is 30.9 Å². The molecule has 21 heavy (non-hydrogen) atoms. The fraction of sp³-hybridized carbons (Fsp3) is 0.412. The lowest BCUT2D eigenvalue weighted by molar-refractivity contribution is -0.148. The van der Waals surface area contributed by atoms with Crippen molar-refractivity contribution in [3.05, 3.63) is 47.5 Å². The Labute approximate surface area is 126 Å². The van der Waals surface area contributed by atoms with Crippen LogP contribution in [0.2, 0.25) is 0 Å². The number of benzene rings is 1. The topological polar surface area (TPSA) is 46.6 Å². The van der Waals surface area contributed by atoms with E-state index in [1.807, 2.05) is 32.0 Å². The highest BCUT2D eigenvalue weighted by Gasteiger charge is 2.17. The van der Waals surface area contributed by atoms with E-state index in [1.165, 1.54) is 4.90 Å². The Morgan fingerprint density at radius 2 is 2.05 bits per heavy atom. The van der Waals surface area contributed by atoms with Crippen molar-refractivity contribution < 1.29 is 14.3 Å². The molecule has 0 bridgehead atoms. The Balaban J connectivity index is 2.78. The Hall–Kier alpha value is -2.10. The highest BCUT2D eigenvalue weighted by molar-refractivity contribution is 5.84. The molecule has 0 aliphatic rings. The Kier molecular flexibility index (Phi) is 6.66. The first kappa shape index (κ1) is 17.0. The number of esters is 1. The summed E-state index contributed by atoms with van der Waals surface area (Å²) >= 11 is 0. The monoisotopic (exact) mass is 289 g/mol. The molecule has 0 saturated carbocycles. The predicted molar refractivity (Wildman–Crippen MR) is 83.0 cm³/mol. The number of carbonyl (C=O) groups is 2. The van der Waals surface area contributed by atoms with Gasteiger partial charge in [0.2, 0.25) is 5.91 Å². The third kappa shape index (κ3) is 5.42. The third-order valence-corrected chi connectivity index (χ3v) is 3.17. The van der Waals surface area contributed by atoms with Crippen LogP contribution in [0.3, 0.4) is 0 Å². The number of hydrogen-bond donors (Lipinski definition) is 0. The van der Waals surface area contributed by atoms with E-state index in [0.717, 1.165) is 16.7 Å². The Bertz CT molecular complexity index is 523. The largest absolute Gasteiger partial charge is 0.465 e. The molecule has 0 aliphatic heterocycles. The number of amides is 1. The first-order valence-corrected chi connectivity index (χ1v) is 7.08. The Morgan fingerprint density at radius 1 is 1.33 bits per heavy atom. The molecule has 0 radical (unpaired) electrons. The van der Waals surface area contributed by atoms with Crippen LogP contribution >= 0.6 is 0 Å². The second kappa shape index (κ2) is 8.25. The van der Waals surface area contributed by atoms with Crippen molar-refractivity contribution in [3.63, 3.8) is 0 Å². The van der Waals surface area contributed by atoms with Crippen molar-refractivity contribution in [3.8, 4) is 0 Å². The molecule has 114 valence electrons. The maximum Gasteiger partial charge on any atom is 0.325 e. The predicted octanol–water partition coefficient (Wildman–Crippen LogP) is 2.42. The van der Waals surface area contributed by atoms with Gasteiger partial charge in [-0.15, -0.1) is 6.58 Å². The summed E-state index contributed by atoms with van der Waals surface area (Å²) in [5, 5.41) is 0. The van der Waals surface area contributed by atoms with E-state index < -0.39 is 5.97 Å². The number of hydrogen-bond acceptors (Lipinski definition) is 3. The molecule has 0 aliphatic carbocycles. The third-order valence-electron chi connectivity index (χ3n) is 3.17. The lowest BCUT2D eigenvalue weighted by Gasteiger charge is -2.20. The van der Waals surface area contributed by atoms with Crippen LogP contribution in [0.5, 0.6) is 0 Å². The molecule has 0 saturated heterocycles. The van der Waals surface area contributed by atoms with Gasteiger partial charge in [0, 0.05) is 6.54 Å². The van der Waals surface area contributed by atoms with E-state index in [-0.39, 0.29) is 18.9 Å². The molecule has 0 fully saturated rings. The summed E-state index contributed by atoms with van der Waals surface area (Å²) in [7, 11) is 0. The van der Waals surface area contributed by atoms with E-state index in [4.69, 9.17) is 4.74 Å². The summed E-state index contributed by atoms with van der Waals surface area (Å²) in [6.07, 6.45) is 1.89. The van der Waals surface area contributed by atoms with Crippen molar-refractivity contribution in [1.29, 1.82) is 0 Å². The van der Waals surface area contributed by atoms with Gasteiger partial charge in [0.1, 0.15) is 6.54 Å². The van der Waals surface area contributed by atoms with Crippen LogP contribution in [-0.2, 0) is 20.7 Å². The van der Waals surface area contributed by atoms with Crippen LogP contribution < -0.4 is 0 Å². The lowest BCUT2D eigenvalue weighted by Crippen LogP contribution is -2.37. The van der Waals surface area contributed by atoms with Crippen LogP contribution in [-0.4, -0.2) is 36.5 Å². The van der Waals surface area contributed by atoms with Crippen LogP contribution in [0, 0.1) is 13.8 Å². The zero-order valence-corrected chi connectivity index (χ0v) is 13.0. The summed E-state index contributed by atoms with van der Waals surface area (Å²) in [6.45, 7) is 9.95. The first-order chi connectivity index (χ1) is 9.97. The second-order valence-electron chi connectivity index (χ2n) is 4.97. The number of ether oxygens (including phenoxy) is 1. The number of nitrogens with zero attached hydrogens (tertiary/aromatic N) is 1. The average molecular weight is 289 g/mol. The Morgan fingerprint density at radius 3 is 2.67 bits per heavy atom. The smallest absolute Gasteiger partial charge is 0.325 e. The van der Waals surface area contributed by atoms with Gasteiger partial charge in [0.05, 0.1) is 13.0 Å². The maximum atomic E-state index is 12.4. The van der Waals surface area contributed by atoms with Gasteiger partial charge in [0.15, 0.2) is 0 Å². The minimum atomic E-state index is -0.395. The molecule has 4 heteroatoms. The molecule has 1 amide bonds. The fourth-order valence-corrected chi connectivity index (χ4v) is 2.04. The molecule has 1 aromatic rings. The molecular weight excluding hydrogens is 266 g/mol. The molecule has 4 nitrogen and oxygen atoms in total. The van der Waals surface area contributed by atoms with Crippen molar-refractivity contribution in [2.75, 3.05) is 19.7 Å². The van der Waals surface area contributed by atoms with Crippen molar-refractivity contribution in [1.82, 2.24) is 4.90 Å². The molecule has 0 N–H and O–H groups in total. The molecule has 0 spiro atoms. The van der Waals surface area contributed by atoms with Gasteiger partial charge in [-0.25, -0.2) is 0 Å². The summed E-state index contributed by atoms with van der Waals surface area (Å²) in [5.74, 6) is -0.495. The summed E-state index contributed by atoms with van der Waals surface area (Å²) < 4.78 is 4.89. The van der Waals surface area contributed by atoms with Gasteiger partial charge in [-0.1, -0.05) is 29.8 Å². The van der Waals surface area contributed by atoms with Gasteiger partial charge in [-0.3, -0.25) is 9.59 Å². The molecule has 0 atom stereocenters. The normalized spacial score (nSPS) is 10.0. The highest BCUT2D eigenvalue weighted by Crippen LogP contribution is 2.12. The van der Waals surface area contributed by atoms with Gasteiger partial charge < -0.3 is 9.64 Å². The maximum absolute atomic E-state index is 12.4. The van der Waals surface area contributed by atoms with Gasteiger partial charge in [-0.2, -0.15) is 0 Å².